The molecule has 0 bridgehead atoms. The molecule has 0 radical (unpaired) electrons. The van der Waals surface area contributed by atoms with Crippen molar-refractivity contribution in [2.24, 2.45) is 11.8 Å². The highest BCUT2D eigenvalue weighted by molar-refractivity contribution is 5.77. The van der Waals surface area contributed by atoms with Crippen LogP contribution in [0.4, 0.5) is 38.4 Å². The Hall–Kier alpha value is -7.03. The normalized spacial score (nSPS) is 29.0. The SMILES string of the molecule is CC(C)[C@@H]1COC(=O)N1C1CCN(C)CC1.CC(C)[C@H]1COC(=O)N1C1CCN(C)CC1.CC[C@@H]1COC(=O)N1C1CCN(C)CC1.CC[C@H]1COC(=O)N1C1CCN(C)CC1.CN1CCC(N2CCCC2c2ccn[nH]2)CC1.CN1CCC(N2CCN(C)C2=O)CC1.CN1CCC(N2CCNC2=O)CC1.C[C@@H]1COC(=O)N1C1CCN(C)CC1.C[C@H]1COC(=O)N1C1CCN(C)CC1. The van der Waals surface area contributed by atoms with Crippen LogP contribution >= 0.6 is 0 Å². The fourth-order valence-corrected chi connectivity index (χ4v) is 22.7. The second-order valence-electron chi connectivity index (χ2n) is 42.4. The molecule has 7 atom stereocenters. The monoisotopic (exact) mass is 1890 g/mol. The summed E-state index contributed by atoms with van der Waals surface area (Å²) >= 11 is 0. The van der Waals surface area contributed by atoms with Crippen LogP contribution in [0.2, 0.25) is 0 Å². The predicted octanol–water partition coefficient (Wildman–Crippen LogP) is 9.77. The molecule has 1 aromatic rings. The van der Waals surface area contributed by atoms with Gasteiger partial charge < -0.3 is 92.5 Å². The van der Waals surface area contributed by atoms with E-state index in [-0.39, 0.29) is 72.8 Å². The summed E-state index contributed by atoms with van der Waals surface area (Å²) in [5, 5.41) is 10.1. The largest absolute Gasteiger partial charge is 0.447 e. The fraction of sp³-hybridized carbons (Fsp3) is 0.888. The summed E-state index contributed by atoms with van der Waals surface area (Å²) in [4.78, 5) is 134. The first-order valence-corrected chi connectivity index (χ1v) is 52.0. The maximum Gasteiger partial charge on any atom is 0.410 e. The molecule has 1 unspecified atom stereocenters. The van der Waals surface area contributed by atoms with Gasteiger partial charge in [0.25, 0.3) is 0 Å². The van der Waals surface area contributed by atoms with E-state index in [2.05, 4.69) is 189 Å². The van der Waals surface area contributed by atoms with Gasteiger partial charge in [-0.25, -0.2) is 38.4 Å². The number of aromatic amines is 1. The van der Waals surface area contributed by atoms with E-state index >= 15 is 0 Å². The summed E-state index contributed by atoms with van der Waals surface area (Å²) in [5.41, 5.74) is 1.31. The molecule has 10 amide bonds. The van der Waals surface area contributed by atoms with Gasteiger partial charge in [-0.3, -0.25) is 39.4 Å². The molecule has 19 heterocycles. The van der Waals surface area contributed by atoms with Crippen molar-refractivity contribution in [3.8, 4) is 0 Å². The minimum absolute atomic E-state index is 0.101. The molecule has 18 fully saturated rings. The van der Waals surface area contributed by atoms with Crippen LogP contribution in [0.25, 0.3) is 0 Å². The lowest BCUT2D eigenvalue weighted by atomic mass is 9.98. The van der Waals surface area contributed by atoms with Gasteiger partial charge in [-0.1, -0.05) is 41.5 Å². The molecule has 36 heteroatoms. The van der Waals surface area contributed by atoms with E-state index in [0.29, 0.717) is 118 Å². The Morgan fingerprint density at radius 3 is 0.903 bits per heavy atom. The molecule has 36 nitrogen and oxygen atoms in total. The van der Waals surface area contributed by atoms with E-state index in [4.69, 9.17) is 28.4 Å². The first-order chi connectivity index (χ1) is 64.3. The average Bonchev–Trinajstić information content (AvgIpc) is 1.73. The summed E-state index contributed by atoms with van der Waals surface area (Å²) in [5.74, 6) is 0.956. The lowest BCUT2D eigenvalue weighted by Crippen LogP contribution is -2.49. The lowest BCUT2D eigenvalue weighted by Gasteiger charge is -2.37. The molecule has 0 saturated carbocycles. The van der Waals surface area contributed by atoms with Crippen LogP contribution in [0.5, 0.6) is 0 Å². The number of cyclic esters (lactones) is 6. The van der Waals surface area contributed by atoms with Crippen molar-refractivity contribution < 1.29 is 66.8 Å². The number of carbonyl (C=O) groups is 8. The zero-order chi connectivity index (χ0) is 96.4. The Labute approximate surface area is 803 Å². The van der Waals surface area contributed by atoms with E-state index < -0.39 is 0 Å². The van der Waals surface area contributed by atoms with Crippen LogP contribution in [0, 0.1) is 11.8 Å². The van der Waals surface area contributed by atoms with Gasteiger partial charge in [-0.05, 0) is 361 Å². The highest BCUT2D eigenvalue weighted by Crippen LogP contribution is 2.37. The molecule has 18 aliphatic heterocycles. The zero-order valence-electron chi connectivity index (χ0n) is 85.8. The Morgan fingerprint density at radius 1 is 0.328 bits per heavy atom. The van der Waals surface area contributed by atoms with E-state index in [1.807, 2.05) is 57.3 Å². The average molecular weight is 1890 g/mol. The van der Waals surface area contributed by atoms with E-state index in [1.165, 1.54) is 51.0 Å². The number of likely N-dealkylation sites (tertiary alicyclic amines) is 10. The number of piperidine rings is 9. The molecular formula is C98H178N22O14. The van der Waals surface area contributed by atoms with Gasteiger partial charge in [-0.2, -0.15) is 5.10 Å². The third-order valence-electron chi connectivity index (χ3n) is 31.9. The highest BCUT2D eigenvalue weighted by Gasteiger charge is 2.46. The minimum atomic E-state index is -0.118. The van der Waals surface area contributed by atoms with Crippen molar-refractivity contribution in [3.63, 3.8) is 0 Å². The van der Waals surface area contributed by atoms with Gasteiger partial charge in [0, 0.05) is 93.8 Å². The van der Waals surface area contributed by atoms with Gasteiger partial charge in [0.05, 0.1) is 48.0 Å². The number of hydrogen-bond donors (Lipinski definition) is 2. The van der Waals surface area contributed by atoms with Crippen LogP contribution in [0.3, 0.4) is 0 Å². The number of carbonyl (C=O) groups excluding carboxylic acids is 8. The fourth-order valence-electron chi connectivity index (χ4n) is 22.7. The van der Waals surface area contributed by atoms with E-state index in [0.717, 1.165) is 253 Å². The molecule has 2 N–H and O–H groups in total. The van der Waals surface area contributed by atoms with Crippen molar-refractivity contribution >= 4 is 48.6 Å². The van der Waals surface area contributed by atoms with Gasteiger partial charge in [0.1, 0.15) is 39.6 Å². The molecule has 764 valence electrons. The molecule has 134 heavy (non-hydrogen) atoms. The van der Waals surface area contributed by atoms with Crippen molar-refractivity contribution in [3.05, 3.63) is 18.0 Å². The molecule has 18 saturated heterocycles. The van der Waals surface area contributed by atoms with Gasteiger partial charge >= 0.3 is 48.6 Å². The number of rotatable bonds is 14. The second kappa shape index (κ2) is 52.8. The number of aromatic nitrogens is 2. The zero-order valence-corrected chi connectivity index (χ0v) is 85.8. The standard InChI is InChI=1S/C13H22N4.2C12H22N2O2.2C11H20N2O2.C10H19N3O.2C10H18N2O2.C9H17N3O/c1-16-9-5-11(6-10-16)17-8-2-3-13(17)12-4-7-14-15-12;2*1-9(2)11-8-16-12(15)14(11)10-4-6-13(3)7-5-10;2*1-3-9-8-15-11(14)13(9)10-4-6-12(2)7-5-10;1-11-5-3-9(4-6-11)13-8-7-12(2)10(13)14;2*1-8-7-14-10(13)12(8)9-3-5-11(2)6-4-9;1-11-5-2-8(3-6-11)12-7-4-10-9(12)13/h4,7,11,13H,2-3,5-6,8-10H2,1H3,(H,14,15);2*9-11H,4-8H2,1-3H3;2*9-10H,3-8H2,1-2H3;9H,3-8H2,1-2H3;2*8-9H,3-7H2,1-2H3;8H,2-7H2,1H3,(H,10,13)/t;2*11-;2*9-;;2*8-;/m.1010.10./s1. The lowest BCUT2D eigenvalue weighted by molar-refractivity contribution is 0.106. The summed E-state index contributed by atoms with van der Waals surface area (Å²) in [6.07, 6.45) is 26.0. The third kappa shape index (κ3) is 30.0. The number of nitrogens with zero attached hydrogens (tertiary/aromatic N) is 20. The number of likely N-dealkylation sites (N-methyl/N-ethyl adjacent to an activating group) is 1. The molecule has 0 aliphatic carbocycles. The first kappa shape index (κ1) is 107. The third-order valence-corrected chi connectivity index (χ3v) is 31.9. The number of H-pyrrole nitrogens is 1. The summed E-state index contributed by atoms with van der Waals surface area (Å²) < 4.78 is 30.7. The number of nitrogens with one attached hydrogen (secondary N) is 2. The Balaban J connectivity index is 0.000000145. The van der Waals surface area contributed by atoms with Crippen LogP contribution in [0.15, 0.2) is 12.3 Å². The number of amides is 10. The quantitative estimate of drug-likeness (QED) is 0.164. The van der Waals surface area contributed by atoms with Crippen LogP contribution in [-0.4, -0.2) is 503 Å². The molecular weight excluding hydrogens is 1710 g/mol. The summed E-state index contributed by atoms with van der Waals surface area (Å²) in [6.45, 7) is 45.2. The van der Waals surface area contributed by atoms with Crippen molar-refractivity contribution in [1.29, 1.82) is 0 Å². The minimum Gasteiger partial charge on any atom is -0.447 e. The smallest absolute Gasteiger partial charge is 0.410 e. The topological polar surface area (TPSA) is 294 Å². The summed E-state index contributed by atoms with van der Waals surface area (Å²) in [6, 6.07) is 8.92. The highest BCUT2D eigenvalue weighted by atomic mass is 16.6. The maximum atomic E-state index is 11.8. The van der Waals surface area contributed by atoms with E-state index in [1.54, 1.807) is 0 Å². The second-order valence-corrected chi connectivity index (χ2v) is 42.4. The van der Waals surface area contributed by atoms with Crippen molar-refractivity contribution in [1.82, 2.24) is 109 Å². The van der Waals surface area contributed by atoms with Crippen LogP contribution in [-0.2, 0) is 28.4 Å². The first-order valence-electron chi connectivity index (χ1n) is 52.0. The number of hydrogen-bond acceptors (Lipinski definition) is 25. The molecule has 1 aromatic heterocycles. The Bertz CT molecular complexity index is 3530. The van der Waals surface area contributed by atoms with Crippen LogP contribution < -0.4 is 5.32 Å². The van der Waals surface area contributed by atoms with Crippen molar-refractivity contribution in [2.45, 2.75) is 293 Å². The van der Waals surface area contributed by atoms with Gasteiger partial charge in [0.15, 0.2) is 0 Å². The number of ether oxygens (including phenoxy) is 6. The Kier molecular flexibility index (Phi) is 42.3. The van der Waals surface area contributed by atoms with Gasteiger partial charge in [-0.15, -0.1) is 0 Å². The van der Waals surface area contributed by atoms with Crippen molar-refractivity contribution in [2.75, 3.05) is 261 Å². The van der Waals surface area contributed by atoms with Crippen LogP contribution in [0.1, 0.15) is 208 Å². The molecule has 18 aliphatic rings. The molecule has 19 rings (SSSR count). The van der Waals surface area contributed by atoms with Gasteiger partial charge in [0.2, 0.25) is 0 Å². The Morgan fingerprint density at radius 2 is 0.619 bits per heavy atom. The predicted molar refractivity (Wildman–Crippen MR) is 520 cm³/mol. The molecule has 0 aromatic carbocycles. The molecule has 0 spiro atoms. The summed E-state index contributed by atoms with van der Waals surface area (Å²) in [7, 11) is 21.2. The maximum absolute atomic E-state index is 11.8. The number of urea groups is 2. The van der Waals surface area contributed by atoms with E-state index in [9.17, 15) is 38.4 Å².